The van der Waals surface area contributed by atoms with Crippen LogP contribution < -0.4 is 40.1 Å². The molecule has 0 fully saturated rings. The van der Waals surface area contributed by atoms with E-state index in [1.807, 2.05) is 17.5 Å². The minimum absolute atomic E-state index is 0. The molecule has 0 aliphatic rings. The Labute approximate surface area is 212 Å². The number of hydrogen-bond acceptors (Lipinski definition) is 10. The first-order valence-corrected chi connectivity index (χ1v) is 12.2. The molecule has 0 aliphatic carbocycles. The molecule has 3 aromatic heterocycles. The van der Waals surface area contributed by atoms with Gasteiger partial charge in [-0.3, -0.25) is 5.10 Å². The third-order valence-corrected chi connectivity index (χ3v) is 9.06. The molecule has 0 radical (unpaired) electrons. The molecule has 0 amide bonds. The maximum absolute atomic E-state index is 12.9. The van der Waals surface area contributed by atoms with Crippen molar-refractivity contribution in [3.05, 3.63) is 47.8 Å². The molecule has 4 aromatic rings. The van der Waals surface area contributed by atoms with Gasteiger partial charge in [0, 0.05) is 7.11 Å². The van der Waals surface area contributed by atoms with Crippen LogP contribution in [0, 0.1) is 0 Å². The molecule has 1 aromatic carbocycles. The average Bonchev–Trinajstić information content (AvgIpc) is 3.51. The van der Waals surface area contributed by atoms with Gasteiger partial charge in [-0.15, -0.1) is 27.8 Å². The summed E-state index contributed by atoms with van der Waals surface area (Å²) in [6.45, 7) is 0. The van der Waals surface area contributed by atoms with Gasteiger partial charge in [-0.05, 0) is 41.1 Å². The van der Waals surface area contributed by atoms with Crippen LogP contribution in [-0.2, 0) is 9.84 Å². The van der Waals surface area contributed by atoms with Gasteiger partial charge in [0.1, 0.15) is 0 Å². The van der Waals surface area contributed by atoms with Crippen molar-refractivity contribution >= 4 is 50.0 Å². The molecule has 0 spiro atoms. The van der Waals surface area contributed by atoms with Crippen molar-refractivity contribution in [2.75, 3.05) is 7.11 Å². The quantitative estimate of drug-likeness (QED) is 0.188. The summed E-state index contributed by atoms with van der Waals surface area (Å²) in [6.07, 6.45) is 0. The molecule has 0 aliphatic heterocycles. The second-order valence-corrected chi connectivity index (χ2v) is 10.8. The Balaban J connectivity index is 0.00000111. The van der Waals surface area contributed by atoms with Gasteiger partial charge in [0.2, 0.25) is 15.0 Å². The van der Waals surface area contributed by atoms with Crippen LogP contribution in [0.1, 0.15) is 0 Å². The largest absolute Gasteiger partial charge is 1.00 e. The molecule has 0 atom stereocenters. The number of rotatable bonds is 6. The molecule has 0 bridgehead atoms. The number of aliphatic hydroxyl groups excluding tert-OH is 1. The Morgan fingerprint density at radius 2 is 1.87 bits per heavy atom. The van der Waals surface area contributed by atoms with Gasteiger partial charge in [-0.1, -0.05) is 24.3 Å². The number of nitrogens with two attached hydrogens (primary N) is 1. The Hall–Kier alpha value is -1.26. The number of nitrogens with one attached hydrogen (secondary N) is 1. The zero-order valence-corrected chi connectivity index (χ0v) is 21.6. The first-order valence-electron chi connectivity index (χ1n) is 8.21. The molecule has 3 heterocycles. The summed E-state index contributed by atoms with van der Waals surface area (Å²) in [7, 11) is -2.94. The number of hydrogen-bond donors (Lipinski definition) is 4. The summed E-state index contributed by atoms with van der Waals surface area (Å²) < 4.78 is 25.7. The van der Waals surface area contributed by atoms with E-state index in [9.17, 15) is 18.7 Å². The zero-order chi connectivity index (χ0) is 21.7. The predicted octanol–water partition coefficient (Wildman–Crippen LogP) is -1.15. The van der Waals surface area contributed by atoms with E-state index in [4.69, 9.17) is 5.11 Å². The van der Waals surface area contributed by atoms with E-state index in [1.165, 1.54) is 23.5 Å². The Morgan fingerprint density at radius 1 is 1.16 bits per heavy atom. The number of sulfone groups is 1. The summed E-state index contributed by atoms with van der Waals surface area (Å²) in [5.74, 6) is -0.0120. The van der Waals surface area contributed by atoms with E-state index in [1.54, 1.807) is 18.2 Å². The fourth-order valence-electron chi connectivity index (χ4n) is 2.37. The van der Waals surface area contributed by atoms with Crippen LogP contribution in [0.2, 0.25) is 0 Å². The number of H-pyrrole nitrogens is 1. The van der Waals surface area contributed by atoms with Crippen molar-refractivity contribution in [3.63, 3.8) is 0 Å². The standard InChI is InChI=1S/C16H12N4O4S4.CH4O.Na/c21-12-11(20-22)15(28(23,24)9-5-2-1-3-6-9)26-14(12)27-16-17-13(18-19-16)10-7-4-8-25-10;1-2;/h1-8,20-22H,(H,17,18,19);2H,1H3;/q;;+1. The van der Waals surface area contributed by atoms with Crippen molar-refractivity contribution in [2.24, 2.45) is 0 Å². The normalized spacial score (nSPS) is 10.8. The zero-order valence-electron chi connectivity index (χ0n) is 16.3. The SMILES string of the molecule is CO.O=S(=O)(c1ccccc1)c1sc(Sc2n[nH]c(-c3cccs3)n2)c([O-])c1[NH2+]O.[Na+]. The van der Waals surface area contributed by atoms with Gasteiger partial charge in [-0.25, -0.2) is 18.6 Å². The molecule has 5 N–H and O–H groups in total. The number of nitrogens with zero attached hydrogens (tertiary/aromatic N) is 2. The fraction of sp³-hybridized carbons (Fsp3) is 0.0588. The number of aliphatic hydroxyl groups is 1. The third-order valence-electron chi connectivity index (χ3n) is 3.67. The molecule has 0 saturated heterocycles. The molecule has 158 valence electrons. The van der Waals surface area contributed by atoms with Crippen molar-refractivity contribution in [1.29, 1.82) is 0 Å². The van der Waals surface area contributed by atoms with Gasteiger partial charge in [0.15, 0.2) is 15.7 Å². The maximum atomic E-state index is 12.9. The van der Waals surface area contributed by atoms with E-state index < -0.39 is 15.6 Å². The number of quaternary nitrogens is 1. The summed E-state index contributed by atoms with van der Waals surface area (Å²) in [5, 5.41) is 38.2. The second kappa shape index (κ2) is 11.6. The molecule has 0 unspecified atom stereocenters. The van der Waals surface area contributed by atoms with Crippen LogP contribution in [0.25, 0.3) is 10.7 Å². The summed E-state index contributed by atoms with van der Waals surface area (Å²) >= 11 is 3.24. The van der Waals surface area contributed by atoms with E-state index in [2.05, 4.69) is 15.2 Å². The van der Waals surface area contributed by atoms with Gasteiger partial charge in [-0.2, -0.15) is 5.48 Å². The Morgan fingerprint density at radius 3 is 2.48 bits per heavy atom. The number of thiophene rings is 2. The second-order valence-electron chi connectivity index (χ2n) is 5.41. The van der Waals surface area contributed by atoms with Gasteiger partial charge < -0.3 is 10.2 Å². The van der Waals surface area contributed by atoms with E-state index >= 15 is 0 Å². The molecule has 4 rings (SSSR count). The van der Waals surface area contributed by atoms with Crippen molar-refractivity contribution < 1.29 is 58.9 Å². The van der Waals surface area contributed by atoms with Crippen LogP contribution >= 0.6 is 34.4 Å². The number of aromatic amines is 1. The molecule has 0 saturated carbocycles. The van der Waals surface area contributed by atoms with Crippen LogP contribution in [0.15, 0.2) is 66.3 Å². The van der Waals surface area contributed by atoms with Crippen molar-refractivity contribution in [3.8, 4) is 16.5 Å². The van der Waals surface area contributed by atoms with Crippen LogP contribution in [0.4, 0.5) is 5.69 Å². The first kappa shape index (κ1) is 26.0. The summed E-state index contributed by atoms with van der Waals surface area (Å²) in [5.41, 5.74) is 0.277. The van der Waals surface area contributed by atoms with E-state index in [-0.39, 0.29) is 53.7 Å². The van der Waals surface area contributed by atoms with Gasteiger partial charge in [0.05, 0.1) is 14.0 Å². The molecular weight excluding hydrogens is 491 g/mol. The van der Waals surface area contributed by atoms with Crippen LogP contribution in [-0.4, -0.2) is 41.0 Å². The van der Waals surface area contributed by atoms with E-state index in [0.717, 1.165) is 35.1 Å². The third kappa shape index (κ3) is 5.57. The first-order chi connectivity index (χ1) is 14.5. The number of benzene rings is 1. The van der Waals surface area contributed by atoms with Gasteiger partial charge in [0.25, 0.3) is 0 Å². The minimum atomic E-state index is -3.94. The molecular formula is C17H16N4NaO5S4+. The number of aromatic nitrogens is 3. The maximum Gasteiger partial charge on any atom is 1.00 e. The minimum Gasteiger partial charge on any atom is -0.867 e. The molecule has 9 nitrogen and oxygen atoms in total. The van der Waals surface area contributed by atoms with Crippen LogP contribution in [0.5, 0.6) is 5.75 Å². The van der Waals surface area contributed by atoms with Crippen molar-refractivity contribution in [1.82, 2.24) is 15.2 Å². The van der Waals surface area contributed by atoms with Crippen LogP contribution in [0.3, 0.4) is 0 Å². The summed E-state index contributed by atoms with van der Waals surface area (Å²) in [6, 6.07) is 11.5. The predicted molar refractivity (Wildman–Crippen MR) is 111 cm³/mol. The van der Waals surface area contributed by atoms with Crippen molar-refractivity contribution in [2.45, 2.75) is 18.5 Å². The Bertz CT molecular complexity index is 1210. The smallest absolute Gasteiger partial charge is 0.867 e. The fourth-order valence-corrected chi connectivity index (χ4v) is 7.20. The monoisotopic (exact) mass is 507 g/mol. The van der Waals surface area contributed by atoms with E-state index in [0.29, 0.717) is 11.3 Å². The average molecular weight is 508 g/mol. The molecule has 31 heavy (non-hydrogen) atoms. The van der Waals surface area contributed by atoms with Gasteiger partial charge >= 0.3 is 29.6 Å². The summed E-state index contributed by atoms with van der Waals surface area (Å²) in [4.78, 5) is 5.27. The Kier molecular flexibility index (Phi) is 9.69. The topological polar surface area (TPSA) is 156 Å². The molecule has 14 heteroatoms.